The highest BCUT2D eigenvalue weighted by Gasteiger charge is 2.37. The van der Waals surface area contributed by atoms with Gasteiger partial charge in [0.2, 0.25) is 0 Å². The molecule has 1 aromatic heterocycles. The van der Waals surface area contributed by atoms with Gasteiger partial charge in [0.05, 0.1) is 5.41 Å². The van der Waals surface area contributed by atoms with Crippen molar-refractivity contribution < 1.29 is 9.90 Å². The molecule has 1 atom stereocenters. The molecule has 2 heterocycles. The Bertz CT molecular complexity index is 429. The van der Waals surface area contributed by atoms with Gasteiger partial charge in [-0.25, -0.2) is 0 Å². The van der Waals surface area contributed by atoms with E-state index in [0.29, 0.717) is 6.54 Å². The predicted molar refractivity (Wildman–Crippen MR) is 74.0 cm³/mol. The normalized spacial score (nSPS) is 25.2. The van der Waals surface area contributed by atoms with Crippen molar-refractivity contribution in [1.29, 1.82) is 0 Å². The summed E-state index contributed by atoms with van der Waals surface area (Å²) in [7, 11) is 0. The first kappa shape index (κ1) is 13.6. The van der Waals surface area contributed by atoms with Crippen molar-refractivity contribution in [3.63, 3.8) is 0 Å². The minimum Gasteiger partial charge on any atom is -0.481 e. The summed E-state index contributed by atoms with van der Waals surface area (Å²) < 4.78 is 0. The van der Waals surface area contributed by atoms with Crippen LogP contribution >= 0.6 is 11.3 Å². The first-order valence-corrected chi connectivity index (χ1v) is 7.38. The maximum absolute atomic E-state index is 11.3. The van der Waals surface area contributed by atoms with Gasteiger partial charge in [-0.05, 0) is 44.9 Å². The molecule has 0 saturated carbocycles. The van der Waals surface area contributed by atoms with Gasteiger partial charge in [-0.3, -0.25) is 9.69 Å². The lowest BCUT2D eigenvalue weighted by Gasteiger charge is -2.37. The first-order chi connectivity index (χ1) is 8.53. The highest BCUT2D eigenvalue weighted by atomic mass is 32.1. The summed E-state index contributed by atoms with van der Waals surface area (Å²) in [6.07, 6.45) is 2.86. The van der Waals surface area contributed by atoms with Crippen LogP contribution in [0.5, 0.6) is 0 Å². The first-order valence-electron chi connectivity index (χ1n) is 6.57. The number of aryl methyl sites for hydroxylation is 1. The number of likely N-dealkylation sites (tertiary alicyclic amines) is 1. The largest absolute Gasteiger partial charge is 0.481 e. The van der Waals surface area contributed by atoms with Crippen LogP contribution in [0.1, 0.15) is 36.4 Å². The molecule has 1 aliphatic rings. The molecule has 1 fully saturated rings. The fourth-order valence-corrected chi connectivity index (χ4v) is 3.57. The number of nitrogens with zero attached hydrogens (tertiary/aromatic N) is 1. The Morgan fingerprint density at radius 2 is 2.22 bits per heavy atom. The van der Waals surface area contributed by atoms with Crippen LogP contribution in [0.15, 0.2) is 12.1 Å². The Morgan fingerprint density at radius 3 is 2.83 bits per heavy atom. The van der Waals surface area contributed by atoms with E-state index in [1.54, 1.807) is 0 Å². The topological polar surface area (TPSA) is 40.5 Å². The van der Waals surface area contributed by atoms with Crippen molar-refractivity contribution in [3.05, 3.63) is 21.9 Å². The zero-order chi connectivity index (χ0) is 13.2. The SMILES string of the molecule is CCc1ccc(CN2CCCC(C)(C(=O)O)C2)s1. The van der Waals surface area contributed by atoms with Crippen molar-refractivity contribution in [2.75, 3.05) is 13.1 Å². The molecule has 18 heavy (non-hydrogen) atoms. The number of thiophene rings is 1. The number of rotatable bonds is 4. The second-order valence-corrected chi connectivity index (χ2v) is 6.65. The number of aliphatic carboxylic acids is 1. The lowest BCUT2D eigenvalue weighted by Crippen LogP contribution is -2.45. The summed E-state index contributed by atoms with van der Waals surface area (Å²) in [6, 6.07) is 4.36. The van der Waals surface area contributed by atoms with Gasteiger partial charge in [0.15, 0.2) is 0 Å². The van der Waals surface area contributed by atoms with Crippen LogP contribution < -0.4 is 0 Å². The fraction of sp³-hybridized carbons (Fsp3) is 0.643. The van der Waals surface area contributed by atoms with Crippen molar-refractivity contribution in [1.82, 2.24) is 4.90 Å². The molecule has 0 amide bonds. The van der Waals surface area contributed by atoms with Crippen LogP contribution in [0, 0.1) is 5.41 Å². The van der Waals surface area contributed by atoms with E-state index in [-0.39, 0.29) is 0 Å². The van der Waals surface area contributed by atoms with E-state index >= 15 is 0 Å². The molecule has 0 aliphatic carbocycles. The standard InChI is InChI=1S/C14H21NO2S/c1-3-11-5-6-12(18-11)9-15-8-4-7-14(2,10-15)13(16)17/h5-6H,3-4,7-10H2,1-2H3,(H,16,17). The van der Waals surface area contributed by atoms with Crippen molar-refractivity contribution in [3.8, 4) is 0 Å². The number of hydrogen-bond donors (Lipinski definition) is 1. The Labute approximate surface area is 112 Å². The van der Waals surface area contributed by atoms with E-state index in [0.717, 1.165) is 32.4 Å². The number of carboxylic acid groups (broad SMARTS) is 1. The van der Waals surface area contributed by atoms with Crippen molar-refractivity contribution in [2.45, 2.75) is 39.7 Å². The van der Waals surface area contributed by atoms with Gasteiger partial charge < -0.3 is 5.11 Å². The molecule has 1 aliphatic heterocycles. The zero-order valence-electron chi connectivity index (χ0n) is 11.1. The average Bonchev–Trinajstić information content (AvgIpc) is 2.76. The van der Waals surface area contributed by atoms with Gasteiger partial charge in [-0.1, -0.05) is 6.92 Å². The van der Waals surface area contributed by atoms with Gasteiger partial charge >= 0.3 is 5.97 Å². The molecular formula is C14H21NO2S. The smallest absolute Gasteiger partial charge is 0.310 e. The van der Waals surface area contributed by atoms with E-state index in [2.05, 4.69) is 24.0 Å². The summed E-state index contributed by atoms with van der Waals surface area (Å²) in [6.45, 7) is 6.61. The van der Waals surface area contributed by atoms with Crippen LogP contribution in [0.25, 0.3) is 0 Å². The molecular weight excluding hydrogens is 246 g/mol. The number of hydrogen-bond acceptors (Lipinski definition) is 3. The maximum atomic E-state index is 11.3. The van der Waals surface area contributed by atoms with Gasteiger partial charge in [0.1, 0.15) is 0 Å². The van der Waals surface area contributed by atoms with E-state index in [9.17, 15) is 9.90 Å². The van der Waals surface area contributed by atoms with Crippen LogP contribution in [0.2, 0.25) is 0 Å². The lowest BCUT2D eigenvalue weighted by atomic mass is 9.82. The molecule has 1 N–H and O–H groups in total. The Morgan fingerprint density at radius 1 is 1.50 bits per heavy atom. The fourth-order valence-electron chi connectivity index (χ4n) is 2.57. The van der Waals surface area contributed by atoms with E-state index in [1.807, 2.05) is 18.3 Å². The van der Waals surface area contributed by atoms with Crippen molar-refractivity contribution in [2.24, 2.45) is 5.41 Å². The monoisotopic (exact) mass is 267 g/mol. The second kappa shape index (κ2) is 5.41. The van der Waals surface area contributed by atoms with E-state index in [4.69, 9.17) is 0 Å². The predicted octanol–water partition coefficient (Wildman–Crippen LogP) is 3.00. The second-order valence-electron chi connectivity index (χ2n) is 5.40. The summed E-state index contributed by atoms with van der Waals surface area (Å²) in [5.41, 5.74) is -0.566. The van der Waals surface area contributed by atoms with Gasteiger partial charge in [0, 0.05) is 22.8 Å². The molecule has 0 spiro atoms. The third-order valence-electron chi connectivity index (χ3n) is 3.74. The minimum absolute atomic E-state index is 0.566. The Balaban J connectivity index is 1.99. The highest BCUT2D eigenvalue weighted by molar-refractivity contribution is 7.11. The van der Waals surface area contributed by atoms with Gasteiger partial charge in [0.25, 0.3) is 0 Å². The average molecular weight is 267 g/mol. The molecule has 1 aromatic rings. The minimum atomic E-state index is -0.660. The molecule has 4 heteroatoms. The summed E-state index contributed by atoms with van der Waals surface area (Å²) in [4.78, 5) is 16.3. The third kappa shape index (κ3) is 2.93. The maximum Gasteiger partial charge on any atom is 0.310 e. The summed E-state index contributed by atoms with van der Waals surface area (Å²) >= 11 is 1.85. The molecule has 100 valence electrons. The van der Waals surface area contributed by atoms with Crippen molar-refractivity contribution >= 4 is 17.3 Å². The molecule has 1 saturated heterocycles. The number of piperidine rings is 1. The van der Waals surface area contributed by atoms with Crippen LogP contribution in [-0.4, -0.2) is 29.1 Å². The third-order valence-corrected chi connectivity index (χ3v) is 4.95. The number of carboxylic acids is 1. The van der Waals surface area contributed by atoms with Gasteiger partial charge in [-0.15, -0.1) is 11.3 Å². The molecule has 3 nitrogen and oxygen atoms in total. The molecule has 2 rings (SSSR count). The van der Waals surface area contributed by atoms with Crippen LogP contribution in [-0.2, 0) is 17.8 Å². The summed E-state index contributed by atoms with van der Waals surface area (Å²) in [5.74, 6) is -0.660. The molecule has 0 bridgehead atoms. The van der Waals surface area contributed by atoms with E-state index < -0.39 is 11.4 Å². The molecule has 0 aromatic carbocycles. The Hall–Kier alpha value is -0.870. The molecule has 1 unspecified atom stereocenters. The lowest BCUT2D eigenvalue weighted by molar-refractivity contribution is -0.151. The van der Waals surface area contributed by atoms with E-state index in [1.165, 1.54) is 9.75 Å². The van der Waals surface area contributed by atoms with Gasteiger partial charge in [-0.2, -0.15) is 0 Å². The Kier molecular flexibility index (Phi) is 4.07. The zero-order valence-corrected chi connectivity index (χ0v) is 11.9. The van der Waals surface area contributed by atoms with Crippen LogP contribution in [0.3, 0.4) is 0 Å². The quantitative estimate of drug-likeness (QED) is 0.911. The highest BCUT2D eigenvalue weighted by Crippen LogP contribution is 2.31. The number of carbonyl (C=O) groups is 1. The van der Waals surface area contributed by atoms with Crippen LogP contribution in [0.4, 0.5) is 0 Å². The summed E-state index contributed by atoms with van der Waals surface area (Å²) in [5, 5.41) is 9.30. The molecule has 0 radical (unpaired) electrons.